The van der Waals surface area contributed by atoms with E-state index in [1.807, 2.05) is 0 Å². The molecule has 0 aliphatic carbocycles. The van der Waals surface area contributed by atoms with Crippen LogP contribution in [0.3, 0.4) is 0 Å². The van der Waals surface area contributed by atoms with Crippen LogP contribution in [0.15, 0.2) is 11.7 Å². The van der Waals surface area contributed by atoms with E-state index in [0.29, 0.717) is 6.04 Å². The van der Waals surface area contributed by atoms with E-state index in [2.05, 4.69) is 30.2 Å². The van der Waals surface area contributed by atoms with Crippen molar-refractivity contribution < 1.29 is 0 Å². The molecule has 2 atom stereocenters. The average Bonchev–Trinajstić information content (AvgIpc) is 2.66. The third-order valence-corrected chi connectivity index (χ3v) is 2.77. The summed E-state index contributed by atoms with van der Waals surface area (Å²) in [6.45, 7) is 4.17. The second-order valence-corrected chi connectivity index (χ2v) is 3.86. The molecule has 0 spiro atoms. The van der Waals surface area contributed by atoms with Gasteiger partial charge in [0.15, 0.2) is 0 Å². The lowest BCUT2D eigenvalue weighted by molar-refractivity contribution is 0.505. The molecule has 0 bridgehead atoms. The highest BCUT2D eigenvalue weighted by Gasteiger charge is 2.13. The maximum absolute atomic E-state index is 8.91. The van der Waals surface area contributed by atoms with Crippen LogP contribution in [-0.2, 0) is 0 Å². The topological polar surface area (TPSA) is 48.7 Å². The molecule has 1 aromatic heterocycles. The molecule has 4 heteroatoms. The predicted molar refractivity (Wildman–Crippen MR) is 53.4 cm³/mol. The molecule has 0 radical (unpaired) electrons. The van der Waals surface area contributed by atoms with Gasteiger partial charge in [-0.1, -0.05) is 6.92 Å². The number of aromatic nitrogens is 1. The zero-order valence-corrected chi connectivity index (χ0v) is 8.64. The van der Waals surface area contributed by atoms with Crippen molar-refractivity contribution in [3.05, 3.63) is 16.6 Å². The Kier molecular flexibility index (Phi) is 3.87. The van der Waals surface area contributed by atoms with Gasteiger partial charge in [-0.15, -0.1) is 11.3 Å². The van der Waals surface area contributed by atoms with Gasteiger partial charge in [0, 0.05) is 12.2 Å². The minimum absolute atomic E-state index is 0.206. The van der Waals surface area contributed by atoms with Gasteiger partial charge in [0.1, 0.15) is 6.04 Å². The summed E-state index contributed by atoms with van der Waals surface area (Å²) in [6.07, 6.45) is 2.77. The zero-order valence-electron chi connectivity index (χ0n) is 7.82. The van der Waals surface area contributed by atoms with Crippen LogP contribution < -0.4 is 5.32 Å². The number of nitriles is 1. The SMILES string of the molecule is CCC(C)NC(C#N)c1cncs1. The van der Waals surface area contributed by atoms with Crippen molar-refractivity contribution in [2.45, 2.75) is 32.4 Å². The molecule has 0 aliphatic heterocycles. The van der Waals surface area contributed by atoms with E-state index < -0.39 is 0 Å². The fraction of sp³-hybridized carbons (Fsp3) is 0.556. The number of nitrogens with one attached hydrogen (secondary N) is 1. The van der Waals surface area contributed by atoms with Crippen molar-refractivity contribution in [3.8, 4) is 6.07 Å². The number of hydrogen-bond donors (Lipinski definition) is 1. The number of hydrogen-bond acceptors (Lipinski definition) is 4. The van der Waals surface area contributed by atoms with Crippen molar-refractivity contribution in [1.82, 2.24) is 10.3 Å². The normalized spacial score (nSPS) is 14.8. The molecule has 0 aromatic carbocycles. The van der Waals surface area contributed by atoms with E-state index in [-0.39, 0.29) is 6.04 Å². The van der Waals surface area contributed by atoms with Gasteiger partial charge in [-0.25, -0.2) is 0 Å². The fourth-order valence-corrected chi connectivity index (χ4v) is 1.58. The second-order valence-electron chi connectivity index (χ2n) is 2.94. The smallest absolute Gasteiger partial charge is 0.132 e. The first-order valence-corrected chi connectivity index (χ1v) is 5.20. The molecule has 13 heavy (non-hydrogen) atoms. The van der Waals surface area contributed by atoms with Gasteiger partial charge in [-0.3, -0.25) is 10.3 Å². The number of rotatable bonds is 4. The molecule has 0 fully saturated rings. The van der Waals surface area contributed by atoms with Crippen molar-refractivity contribution in [2.24, 2.45) is 0 Å². The highest BCUT2D eigenvalue weighted by atomic mass is 32.1. The van der Waals surface area contributed by atoms with Gasteiger partial charge >= 0.3 is 0 Å². The molecule has 1 rings (SSSR count). The van der Waals surface area contributed by atoms with E-state index in [1.165, 1.54) is 11.3 Å². The van der Waals surface area contributed by atoms with Crippen LogP contribution in [0.2, 0.25) is 0 Å². The Morgan fingerprint density at radius 2 is 2.54 bits per heavy atom. The van der Waals surface area contributed by atoms with Crippen LogP contribution in [0.1, 0.15) is 31.2 Å². The fourth-order valence-electron chi connectivity index (χ4n) is 0.954. The second kappa shape index (κ2) is 4.95. The molecule has 1 aromatic rings. The summed E-state index contributed by atoms with van der Waals surface area (Å²) in [7, 11) is 0. The van der Waals surface area contributed by atoms with E-state index >= 15 is 0 Å². The standard InChI is InChI=1S/C9H13N3S/c1-3-7(2)12-8(4-10)9-5-11-6-13-9/h5-8,12H,3H2,1-2H3. The van der Waals surface area contributed by atoms with Crippen LogP contribution >= 0.6 is 11.3 Å². The lowest BCUT2D eigenvalue weighted by Crippen LogP contribution is -2.28. The molecule has 0 aliphatic rings. The highest BCUT2D eigenvalue weighted by molar-refractivity contribution is 7.09. The average molecular weight is 195 g/mol. The summed E-state index contributed by atoms with van der Waals surface area (Å²) in [6, 6.07) is 2.39. The quantitative estimate of drug-likeness (QED) is 0.800. The summed E-state index contributed by atoms with van der Waals surface area (Å²) in [5.74, 6) is 0. The first-order valence-electron chi connectivity index (χ1n) is 4.32. The van der Waals surface area contributed by atoms with Gasteiger partial charge < -0.3 is 0 Å². The van der Waals surface area contributed by atoms with Crippen LogP contribution in [0, 0.1) is 11.3 Å². The van der Waals surface area contributed by atoms with Gasteiger partial charge in [0.2, 0.25) is 0 Å². The van der Waals surface area contributed by atoms with E-state index in [1.54, 1.807) is 11.7 Å². The van der Waals surface area contributed by atoms with E-state index in [9.17, 15) is 0 Å². The minimum atomic E-state index is -0.206. The van der Waals surface area contributed by atoms with Crippen LogP contribution in [-0.4, -0.2) is 11.0 Å². The molecular formula is C9H13N3S. The third-order valence-electron chi connectivity index (χ3n) is 1.93. The number of nitrogens with zero attached hydrogens (tertiary/aromatic N) is 2. The lowest BCUT2D eigenvalue weighted by Gasteiger charge is -2.14. The first kappa shape index (κ1) is 10.2. The highest BCUT2D eigenvalue weighted by Crippen LogP contribution is 2.16. The summed E-state index contributed by atoms with van der Waals surface area (Å²) < 4.78 is 0. The van der Waals surface area contributed by atoms with E-state index in [4.69, 9.17) is 5.26 Å². The van der Waals surface area contributed by atoms with Crippen LogP contribution in [0.4, 0.5) is 0 Å². The van der Waals surface area contributed by atoms with Gasteiger partial charge in [0.25, 0.3) is 0 Å². The van der Waals surface area contributed by atoms with Crippen molar-refractivity contribution in [3.63, 3.8) is 0 Å². The Hall–Kier alpha value is -0.920. The molecule has 0 saturated heterocycles. The Morgan fingerprint density at radius 1 is 1.77 bits per heavy atom. The first-order chi connectivity index (χ1) is 6.27. The number of thiazole rings is 1. The van der Waals surface area contributed by atoms with Gasteiger partial charge in [-0.2, -0.15) is 5.26 Å². The minimum Gasteiger partial charge on any atom is -0.295 e. The van der Waals surface area contributed by atoms with Gasteiger partial charge in [-0.05, 0) is 13.3 Å². The zero-order chi connectivity index (χ0) is 9.68. The lowest BCUT2D eigenvalue weighted by atomic mass is 10.2. The molecule has 1 N–H and O–H groups in total. The summed E-state index contributed by atoms with van der Waals surface area (Å²) in [4.78, 5) is 4.94. The molecule has 2 unspecified atom stereocenters. The molecular weight excluding hydrogens is 182 g/mol. The summed E-state index contributed by atoms with van der Waals surface area (Å²) in [5.41, 5.74) is 1.75. The van der Waals surface area contributed by atoms with Crippen molar-refractivity contribution in [1.29, 1.82) is 5.26 Å². The molecule has 70 valence electrons. The van der Waals surface area contributed by atoms with Crippen LogP contribution in [0.5, 0.6) is 0 Å². The Morgan fingerprint density at radius 3 is 3.00 bits per heavy atom. The predicted octanol–water partition coefficient (Wildman–Crippen LogP) is 2.10. The molecule has 1 heterocycles. The van der Waals surface area contributed by atoms with Crippen molar-refractivity contribution >= 4 is 11.3 Å². The molecule has 3 nitrogen and oxygen atoms in total. The maximum Gasteiger partial charge on any atom is 0.132 e. The summed E-state index contributed by atoms with van der Waals surface area (Å²) >= 11 is 1.51. The van der Waals surface area contributed by atoms with Crippen molar-refractivity contribution in [2.75, 3.05) is 0 Å². The summed E-state index contributed by atoms with van der Waals surface area (Å²) in [5, 5.41) is 12.1. The Bertz CT molecular complexity index is 276. The maximum atomic E-state index is 8.91. The van der Waals surface area contributed by atoms with Crippen LogP contribution in [0.25, 0.3) is 0 Å². The Labute approximate surface area is 82.4 Å². The molecule has 0 saturated carbocycles. The molecule has 0 amide bonds. The van der Waals surface area contributed by atoms with Gasteiger partial charge in [0.05, 0.1) is 16.5 Å². The van der Waals surface area contributed by atoms with E-state index in [0.717, 1.165) is 11.3 Å². The Balaban J connectivity index is 2.60. The largest absolute Gasteiger partial charge is 0.295 e. The monoisotopic (exact) mass is 195 g/mol. The third kappa shape index (κ3) is 2.79.